The van der Waals surface area contributed by atoms with Gasteiger partial charge in [-0.05, 0) is 37.1 Å². The molecule has 38 heavy (non-hydrogen) atoms. The maximum atomic E-state index is 13.3. The smallest absolute Gasteiger partial charge is 0.252 e. The normalized spacial score (nSPS) is 11.0. The van der Waals surface area contributed by atoms with E-state index in [9.17, 15) is 9.59 Å². The van der Waals surface area contributed by atoms with Crippen molar-refractivity contribution in [3.63, 3.8) is 0 Å². The molecule has 0 radical (unpaired) electrons. The summed E-state index contributed by atoms with van der Waals surface area (Å²) in [4.78, 5) is 36.5. The quantitative estimate of drug-likeness (QED) is 0.241. The lowest BCUT2D eigenvalue weighted by atomic mass is 9.98. The van der Waals surface area contributed by atoms with Crippen molar-refractivity contribution < 1.29 is 9.59 Å². The van der Waals surface area contributed by atoms with Crippen LogP contribution in [0.15, 0.2) is 84.9 Å². The minimum Gasteiger partial charge on any atom is -0.352 e. The van der Waals surface area contributed by atoms with Gasteiger partial charge in [0.1, 0.15) is 0 Å². The summed E-state index contributed by atoms with van der Waals surface area (Å²) < 4.78 is 0. The number of pyridine rings is 2. The molecule has 0 aliphatic heterocycles. The van der Waals surface area contributed by atoms with Gasteiger partial charge < -0.3 is 10.6 Å². The molecule has 0 saturated heterocycles. The van der Waals surface area contributed by atoms with E-state index < -0.39 is 0 Å². The van der Waals surface area contributed by atoms with E-state index in [1.165, 1.54) is 0 Å². The molecule has 5 aromatic rings. The second-order valence-electron chi connectivity index (χ2n) is 9.24. The zero-order chi connectivity index (χ0) is 26.5. The van der Waals surface area contributed by atoms with Crippen LogP contribution in [0.2, 0.25) is 0 Å². The lowest BCUT2D eigenvalue weighted by Gasteiger charge is -2.14. The van der Waals surface area contributed by atoms with Crippen molar-refractivity contribution in [2.75, 3.05) is 13.1 Å². The van der Waals surface area contributed by atoms with Crippen LogP contribution in [0.5, 0.6) is 0 Å². The van der Waals surface area contributed by atoms with Crippen molar-refractivity contribution in [3.05, 3.63) is 96.1 Å². The minimum absolute atomic E-state index is 0.165. The lowest BCUT2D eigenvalue weighted by molar-refractivity contribution is 0.0947. The molecule has 190 valence electrons. The van der Waals surface area contributed by atoms with Crippen LogP contribution < -0.4 is 10.6 Å². The topological polar surface area (TPSA) is 84.0 Å². The van der Waals surface area contributed by atoms with Gasteiger partial charge in [-0.2, -0.15) is 0 Å². The maximum absolute atomic E-state index is 13.3. The highest BCUT2D eigenvalue weighted by Gasteiger charge is 2.19. The number of aromatic nitrogens is 2. The summed E-state index contributed by atoms with van der Waals surface area (Å²) in [5, 5.41) is 7.37. The van der Waals surface area contributed by atoms with Gasteiger partial charge in [-0.15, -0.1) is 0 Å². The van der Waals surface area contributed by atoms with E-state index in [1.807, 2.05) is 98.8 Å². The standard InChI is InChI=1S/C32H30N4O2/c1-3-15-33-31(37)25-18-27(21-11-7-5-8-12-21)35-29-20-30-24(17-23(25)29)26(32(38)34-16-4-2)19-28(36-30)22-13-9-6-10-14-22/h5-14,17-20H,3-4,15-16H2,1-2H3,(H,33,37)(H,34,38). The number of amides is 2. The first-order valence-electron chi connectivity index (χ1n) is 13.1. The van der Waals surface area contributed by atoms with Crippen molar-refractivity contribution in [1.82, 2.24) is 20.6 Å². The van der Waals surface area contributed by atoms with Crippen LogP contribution >= 0.6 is 0 Å². The average Bonchev–Trinajstić information content (AvgIpc) is 2.97. The highest BCUT2D eigenvalue weighted by molar-refractivity contribution is 6.14. The maximum Gasteiger partial charge on any atom is 0.252 e. The van der Waals surface area contributed by atoms with Crippen LogP contribution in [0.4, 0.5) is 0 Å². The molecule has 3 aromatic carbocycles. The number of nitrogens with zero attached hydrogens (tertiary/aromatic N) is 2. The summed E-state index contributed by atoms with van der Waals surface area (Å²) in [6.45, 7) is 5.18. The van der Waals surface area contributed by atoms with Gasteiger partial charge in [0.15, 0.2) is 0 Å². The molecular weight excluding hydrogens is 472 g/mol. The number of hydrogen-bond acceptors (Lipinski definition) is 4. The van der Waals surface area contributed by atoms with Gasteiger partial charge in [0, 0.05) is 35.0 Å². The molecule has 0 spiro atoms. The molecular formula is C32H30N4O2. The van der Waals surface area contributed by atoms with Crippen molar-refractivity contribution >= 4 is 33.6 Å². The third kappa shape index (κ3) is 5.11. The van der Waals surface area contributed by atoms with Crippen LogP contribution in [0.1, 0.15) is 47.4 Å². The second-order valence-corrected chi connectivity index (χ2v) is 9.24. The fourth-order valence-electron chi connectivity index (χ4n) is 4.50. The summed E-state index contributed by atoms with van der Waals surface area (Å²) >= 11 is 0. The molecule has 0 atom stereocenters. The Labute approximate surface area is 222 Å². The molecule has 0 bridgehead atoms. The molecule has 0 saturated carbocycles. The Bertz CT molecular complexity index is 1500. The van der Waals surface area contributed by atoms with Crippen molar-refractivity contribution in [2.45, 2.75) is 26.7 Å². The lowest BCUT2D eigenvalue weighted by Crippen LogP contribution is -2.25. The third-order valence-electron chi connectivity index (χ3n) is 6.44. The van der Waals surface area contributed by atoms with Crippen LogP contribution in [0.3, 0.4) is 0 Å². The molecule has 0 fully saturated rings. The first-order valence-corrected chi connectivity index (χ1v) is 13.1. The molecule has 6 heteroatoms. The fourth-order valence-corrected chi connectivity index (χ4v) is 4.50. The monoisotopic (exact) mass is 502 g/mol. The molecule has 2 aromatic heterocycles. The van der Waals surface area contributed by atoms with Crippen LogP contribution in [0.25, 0.3) is 44.3 Å². The second kappa shape index (κ2) is 11.2. The van der Waals surface area contributed by atoms with E-state index in [0.29, 0.717) is 57.4 Å². The van der Waals surface area contributed by atoms with E-state index in [-0.39, 0.29) is 11.8 Å². The van der Waals surface area contributed by atoms with Gasteiger partial charge in [-0.3, -0.25) is 9.59 Å². The molecule has 2 amide bonds. The van der Waals surface area contributed by atoms with Gasteiger partial charge in [0.05, 0.1) is 33.5 Å². The van der Waals surface area contributed by atoms with Gasteiger partial charge in [0.2, 0.25) is 0 Å². The first kappa shape index (κ1) is 25.1. The van der Waals surface area contributed by atoms with Crippen LogP contribution in [0, 0.1) is 0 Å². The van der Waals surface area contributed by atoms with Gasteiger partial charge >= 0.3 is 0 Å². The molecule has 0 aliphatic rings. The summed E-state index contributed by atoms with van der Waals surface area (Å²) in [6, 6.07) is 27.0. The zero-order valence-corrected chi connectivity index (χ0v) is 21.6. The Morgan fingerprint density at radius 2 is 1.03 bits per heavy atom. The Balaban J connectivity index is 1.78. The molecule has 2 N–H and O–H groups in total. The number of carbonyl (C=O) groups is 2. The molecule has 0 aliphatic carbocycles. The average molecular weight is 503 g/mol. The number of fused-ring (bicyclic) bond motifs is 2. The van der Waals surface area contributed by atoms with Crippen molar-refractivity contribution in [3.8, 4) is 22.5 Å². The molecule has 5 rings (SSSR count). The Kier molecular flexibility index (Phi) is 7.40. The zero-order valence-electron chi connectivity index (χ0n) is 21.6. The van der Waals surface area contributed by atoms with E-state index in [1.54, 1.807) is 0 Å². The predicted molar refractivity (Wildman–Crippen MR) is 153 cm³/mol. The van der Waals surface area contributed by atoms with E-state index in [2.05, 4.69) is 10.6 Å². The van der Waals surface area contributed by atoms with Crippen LogP contribution in [-0.4, -0.2) is 34.9 Å². The number of rotatable bonds is 8. The van der Waals surface area contributed by atoms with Crippen LogP contribution in [-0.2, 0) is 0 Å². The van der Waals surface area contributed by atoms with Crippen molar-refractivity contribution in [2.24, 2.45) is 0 Å². The third-order valence-corrected chi connectivity index (χ3v) is 6.44. The van der Waals surface area contributed by atoms with Crippen molar-refractivity contribution in [1.29, 1.82) is 0 Å². The largest absolute Gasteiger partial charge is 0.352 e. The van der Waals surface area contributed by atoms with E-state index >= 15 is 0 Å². The summed E-state index contributed by atoms with van der Waals surface area (Å²) in [7, 11) is 0. The van der Waals surface area contributed by atoms with Gasteiger partial charge in [-0.1, -0.05) is 74.5 Å². The first-order chi connectivity index (χ1) is 18.6. The summed E-state index contributed by atoms with van der Waals surface area (Å²) in [6.07, 6.45) is 1.66. The Morgan fingerprint density at radius 3 is 1.42 bits per heavy atom. The highest BCUT2D eigenvalue weighted by atomic mass is 16.2. The molecule has 0 unspecified atom stereocenters. The Hall–Kier alpha value is -4.58. The molecule has 2 heterocycles. The fraction of sp³-hybridized carbons (Fsp3) is 0.188. The highest BCUT2D eigenvalue weighted by Crippen LogP contribution is 2.31. The van der Waals surface area contributed by atoms with E-state index in [4.69, 9.17) is 9.97 Å². The summed E-state index contributed by atoms with van der Waals surface area (Å²) in [5.74, 6) is -0.330. The number of carbonyl (C=O) groups excluding carboxylic acids is 2. The minimum atomic E-state index is -0.165. The number of benzene rings is 3. The predicted octanol–water partition coefficient (Wildman–Crippen LogP) is 6.40. The summed E-state index contributed by atoms with van der Waals surface area (Å²) in [5.41, 5.74) is 5.61. The molecule has 6 nitrogen and oxygen atoms in total. The van der Waals surface area contributed by atoms with Gasteiger partial charge in [-0.25, -0.2) is 9.97 Å². The SMILES string of the molecule is CCCNC(=O)c1cc(-c2ccccc2)nc2cc3nc(-c4ccccc4)cc(C(=O)NCCC)c3cc12. The van der Waals surface area contributed by atoms with Gasteiger partial charge in [0.25, 0.3) is 11.8 Å². The Morgan fingerprint density at radius 1 is 0.605 bits per heavy atom. The number of nitrogens with one attached hydrogen (secondary N) is 2. The number of hydrogen-bond donors (Lipinski definition) is 2. The van der Waals surface area contributed by atoms with E-state index in [0.717, 1.165) is 24.0 Å².